The molecule has 1 fully saturated rings. The minimum Gasteiger partial charge on any atom is -0.348 e. The second-order valence-electron chi connectivity index (χ2n) is 1.94. The minimum atomic E-state index is 0.148. The molecule has 44 valence electrons. The smallest absolute Gasteiger partial charge is 0.207 e. The number of nitrogens with one attached hydrogen (secondary N) is 1. The molecule has 0 aliphatic carbocycles. The van der Waals surface area contributed by atoms with E-state index in [9.17, 15) is 0 Å². The van der Waals surface area contributed by atoms with Gasteiger partial charge < -0.3 is 15.0 Å². The first-order valence-corrected chi connectivity index (χ1v) is 2.77. The molecule has 1 unspecified atom stereocenters. The van der Waals surface area contributed by atoms with Crippen LogP contribution >= 0.6 is 0 Å². The van der Waals surface area contributed by atoms with Crippen LogP contribution in [-0.2, 0) is 4.74 Å². The lowest BCUT2D eigenvalue weighted by Gasteiger charge is -2.12. The summed E-state index contributed by atoms with van der Waals surface area (Å²) in [5, 5.41) is 3.04. The molecule has 1 saturated heterocycles. The maximum absolute atomic E-state index is 5.23. The van der Waals surface area contributed by atoms with Gasteiger partial charge in [-0.25, -0.2) is 0 Å². The van der Waals surface area contributed by atoms with Crippen molar-refractivity contribution in [2.45, 2.75) is 6.35 Å². The second kappa shape index (κ2) is 1.39. The fraction of sp³-hybridized carbons (Fsp3) is 0.600. The van der Waals surface area contributed by atoms with Gasteiger partial charge in [0, 0.05) is 18.9 Å². The topological polar surface area (TPSA) is 24.5 Å². The van der Waals surface area contributed by atoms with Crippen LogP contribution < -0.4 is 5.32 Å². The van der Waals surface area contributed by atoms with Gasteiger partial charge in [-0.1, -0.05) is 0 Å². The van der Waals surface area contributed by atoms with Crippen molar-refractivity contribution < 1.29 is 4.74 Å². The number of hydrogen-bond donors (Lipinski definition) is 1. The molecular weight excluding hydrogens is 104 g/mol. The van der Waals surface area contributed by atoms with Gasteiger partial charge in [-0.2, -0.15) is 0 Å². The summed E-state index contributed by atoms with van der Waals surface area (Å²) in [6.07, 6.45) is 4.07. The van der Waals surface area contributed by atoms with Gasteiger partial charge in [0.15, 0.2) is 0 Å². The van der Waals surface area contributed by atoms with E-state index in [-0.39, 0.29) is 6.35 Å². The quantitative estimate of drug-likeness (QED) is 0.464. The van der Waals surface area contributed by atoms with Gasteiger partial charge in [0.1, 0.15) is 0 Å². The van der Waals surface area contributed by atoms with Gasteiger partial charge >= 0.3 is 0 Å². The molecule has 0 aromatic heterocycles. The second-order valence-corrected chi connectivity index (χ2v) is 1.94. The average molecular weight is 112 g/mol. The number of ether oxygens (including phenoxy) is 1. The van der Waals surface area contributed by atoms with Gasteiger partial charge in [-0.05, 0) is 0 Å². The van der Waals surface area contributed by atoms with Crippen molar-refractivity contribution in [2.24, 2.45) is 0 Å². The lowest BCUT2D eigenvalue weighted by atomic mass is 10.6. The van der Waals surface area contributed by atoms with Gasteiger partial charge in [-0.15, -0.1) is 0 Å². The third kappa shape index (κ3) is 0.419. The molecule has 0 amide bonds. The van der Waals surface area contributed by atoms with Crippen LogP contribution in [0.3, 0.4) is 0 Å². The normalized spacial score (nSPS) is 33.0. The summed E-state index contributed by atoms with van der Waals surface area (Å²) in [7, 11) is 0. The first-order chi connectivity index (χ1) is 3.97. The van der Waals surface area contributed by atoms with Crippen molar-refractivity contribution in [1.29, 1.82) is 0 Å². The van der Waals surface area contributed by atoms with Crippen LogP contribution in [0.2, 0.25) is 0 Å². The molecule has 3 nitrogen and oxygen atoms in total. The summed E-state index contributed by atoms with van der Waals surface area (Å²) in [5.41, 5.74) is 0. The van der Waals surface area contributed by atoms with Crippen LogP contribution in [0.25, 0.3) is 0 Å². The molecule has 2 aliphatic heterocycles. The molecule has 2 rings (SSSR count). The Labute approximate surface area is 47.9 Å². The van der Waals surface area contributed by atoms with E-state index in [1.165, 1.54) is 0 Å². The SMILES string of the molecule is C1=CN2CCOC2N1. The third-order valence-corrected chi connectivity index (χ3v) is 1.43. The van der Waals surface area contributed by atoms with Gasteiger partial charge in [0.05, 0.1) is 6.61 Å². The number of fused-ring (bicyclic) bond motifs is 1. The van der Waals surface area contributed by atoms with Gasteiger partial charge in [0.25, 0.3) is 0 Å². The van der Waals surface area contributed by atoms with Crippen LogP contribution in [0.4, 0.5) is 0 Å². The zero-order chi connectivity index (χ0) is 5.40. The molecule has 0 aromatic carbocycles. The first-order valence-electron chi connectivity index (χ1n) is 2.77. The summed E-state index contributed by atoms with van der Waals surface area (Å²) in [6.45, 7) is 1.87. The monoisotopic (exact) mass is 112 g/mol. The third-order valence-electron chi connectivity index (χ3n) is 1.43. The van der Waals surface area contributed by atoms with E-state index >= 15 is 0 Å². The lowest BCUT2D eigenvalue weighted by molar-refractivity contribution is 0.0494. The van der Waals surface area contributed by atoms with Crippen LogP contribution in [-0.4, -0.2) is 24.4 Å². The molecular formula is C5H8N2O. The van der Waals surface area contributed by atoms with E-state index in [1.807, 2.05) is 12.4 Å². The summed E-state index contributed by atoms with van der Waals surface area (Å²) in [4.78, 5) is 2.12. The molecule has 8 heavy (non-hydrogen) atoms. The van der Waals surface area contributed by atoms with Crippen molar-refractivity contribution in [3.05, 3.63) is 12.4 Å². The van der Waals surface area contributed by atoms with Gasteiger partial charge in [-0.3, -0.25) is 0 Å². The first kappa shape index (κ1) is 4.21. The summed E-state index contributed by atoms with van der Waals surface area (Å²) in [6, 6.07) is 0. The van der Waals surface area contributed by atoms with E-state index in [0.29, 0.717) is 0 Å². The largest absolute Gasteiger partial charge is 0.348 e. The average Bonchev–Trinajstić information content (AvgIpc) is 2.15. The zero-order valence-corrected chi connectivity index (χ0v) is 4.50. The number of hydrogen-bond acceptors (Lipinski definition) is 3. The minimum absolute atomic E-state index is 0.148. The van der Waals surface area contributed by atoms with Crippen LogP contribution in [0.1, 0.15) is 0 Å². The number of nitrogens with zero attached hydrogens (tertiary/aromatic N) is 1. The molecule has 1 N–H and O–H groups in total. The van der Waals surface area contributed by atoms with E-state index in [0.717, 1.165) is 13.2 Å². The Balaban J connectivity index is 2.13. The van der Waals surface area contributed by atoms with Crippen molar-refractivity contribution >= 4 is 0 Å². The van der Waals surface area contributed by atoms with E-state index < -0.39 is 0 Å². The standard InChI is InChI=1S/C5H8N2O/c1-2-7-3-4-8-5(7)6-1/h1-2,5-6H,3-4H2. The van der Waals surface area contributed by atoms with Crippen molar-refractivity contribution in [2.75, 3.05) is 13.2 Å². The summed E-state index contributed by atoms with van der Waals surface area (Å²) < 4.78 is 5.23. The molecule has 0 bridgehead atoms. The highest BCUT2D eigenvalue weighted by atomic mass is 16.5. The molecule has 2 aliphatic rings. The maximum Gasteiger partial charge on any atom is 0.207 e. The Morgan fingerprint density at radius 3 is 3.62 bits per heavy atom. The molecule has 0 spiro atoms. The predicted octanol–water partition coefficient (Wildman–Crippen LogP) is -0.323. The van der Waals surface area contributed by atoms with Crippen LogP contribution in [0, 0.1) is 0 Å². The molecule has 0 radical (unpaired) electrons. The van der Waals surface area contributed by atoms with E-state index in [4.69, 9.17) is 4.74 Å². The maximum atomic E-state index is 5.23. The van der Waals surface area contributed by atoms with Crippen LogP contribution in [0.5, 0.6) is 0 Å². The predicted molar refractivity (Wildman–Crippen MR) is 28.7 cm³/mol. The highest BCUT2D eigenvalue weighted by Crippen LogP contribution is 2.10. The molecule has 3 heteroatoms. The number of rotatable bonds is 0. The van der Waals surface area contributed by atoms with E-state index in [1.54, 1.807) is 0 Å². The molecule has 0 saturated carbocycles. The van der Waals surface area contributed by atoms with Crippen molar-refractivity contribution in [1.82, 2.24) is 10.2 Å². The Morgan fingerprint density at radius 2 is 2.75 bits per heavy atom. The Morgan fingerprint density at radius 1 is 1.75 bits per heavy atom. The molecule has 2 heterocycles. The fourth-order valence-corrected chi connectivity index (χ4v) is 1.00. The van der Waals surface area contributed by atoms with Crippen LogP contribution in [0.15, 0.2) is 12.4 Å². The van der Waals surface area contributed by atoms with Gasteiger partial charge in [0.2, 0.25) is 6.35 Å². The highest BCUT2D eigenvalue weighted by molar-refractivity contribution is 4.92. The molecule has 1 atom stereocenters. The fourth-order valence-electron chi connectivity index (χ4n) is 1.00. The van der Waals surface area contributed by atoms with E-state index in [2.05, 4.69) is 10.2 Å². The summed E-state index contributed by atoms with van der Waals surface area (Å²) in [5.74, 6) is 0. The highest BCUT2D eigenvalue weighted by Gasteiger charge is 2.23. The lowest BCUT2D eigenvalue weighted by Crippen LogP contribution is -2.29. The Hall–Kier alpha value is -0.700. The van der Waals surface area contributed by atoms with Crippen molar-refractivity contribution in [3.63, 3.8) is 0 Å². The summed E-state index contributed by atoms with van der Waals surface area (Å²) >= 11 is 0. The Kier molecular flexibility index (Phi) is 0.729. The Bertz CT molecular complexity index is 124. The zero-order valence-electron chi connectivity index (χ0n) is 4.50. The molecule has 0 aromatic rings. The van der Waals surface area contributed by atoms with Crippen molar-refractivity contribution in [3.8, 4) is 0 Å².